The highest BCUT2D eigenvalue weighted by Crippen LogP contribution is 2.32. The lowest BCUT2D eigenvalue weighted by molar-refractivity contribution is -0.191. The SMILES string of the molecule is CC(C)(C)OC(=O)N1C[C@H](OCc2ccccc2)C[C@@H]1Cc1ccccc1.CC(C)(C)OC(=O)N1C[C@H](OCc2ccccc2)C[C@@H]1[C@H]1OC(=O)N[C@H]1Cc1cc(F)cc(F)c1.O=C=O. The van der Waals surface area contributed by atoms with Gasteiger partial charge in [-0.05, 0) is 102 Å². The highest BCUT2D eigenvalue weighted by atomic mass is 19.1. The molecule has 65 heavy (non-hydrogen) atoms. The zero-order chi connectivity index (χ0) is 47.1. The van der Waals surface area contributed by atoms with Crippen molar-refractivity contribution in [3.63, 3.8) is 0 Å². The molecule has 0 radical (unpaired) electrons. The maximum absolute atomic E-state index is 13.7. The van der Waals surface area contributed by atoms with Crippen molar-refractivity contribution in [2.75, 3.05) is 13.1 Å². The monoisotopic (exact) mass is 899 g/mol. The smallest absolute Gasteiger partial charge is 0.410 e. The molecule has 0 unspecified atom stereocenters. The van der Waals surface area contributed by atoms with Crippen LogP contribution in [0.5, 0.6) is 0 Å². The maximum Gasteiger partial charge on any atom is 0.410 e. The van der Waals surface area contributed by atoms with E-state index in [0.717, 1.165) is 30.0 Å². The summed E-state index contributed by atoms with van der Waals surface area (Å²) < 4.78 is 56.5. The number of nitrogens with one attached hydrogen (secondary N) is 1. The molecule has 3 amide bonds. The summed E-state index contributed by atoms with van der Waals surface area (Å²) in [7, 11) is 0. The van der Waals surface area contributed by atoms with Gasteiger partial charge in [0.15, 0.2) is 0 Å². The first kappa shape index (κ1) is 49.9. The Morgan fingerprint density at radius 2 is 1.11 bits per heavy atom. The molecule has 15 heteroatoms. The molecule has 3 saturated heterocycles. The molecular formula is C50H59F2N3O10. The van der Waals surface area contributed by atoms with Gasteiger partial charge in [0.2, 0.25) is 0 Å². The number of halogens is 2. The zero-order valence-corrected chi connectivity index (χ0v) is 37.7. The Kier molecular flexibility index (Phi) is 17.8. The largest absolute Gasteiger partial charge is 0.444 e. The molecule has 4 aromatic carbocycles. The van der Waals surface area contributed by atoms with Crippen LogP contribution in [0.1, 0.15) is 76.6 Å². The Hall–Kier alpha value is -6.15. The molecule has 3 fully saturated rings. The van der Waals surface area contributed by atoms with E-state index in [9.17, 15) is 23.2 Å². The molecular weight excluding hydrogens is 841 g/mol. The number of carbonyl (C=O) groups is 3. The summed E-state index contributed by atoms with van der Waals surface area (Å²) in [6.45, 7) is 12.8. The minimum atomic E-state index is -0.744. The van der Waals surface area contributed by atoms with E-state index in [0.29, 0.717) is 31.7 Å². The molecule has 4 aromatic rings. The molecule has 6 atom stereocenters. The quantitative estimate of drug-likeness (QED) is 0.145. The molecule has 13 nitrogen and oxygen atoms in total. The summed E-state index contributed by atoms with van der Waals surface area (Å²) in [6, 6.07) is 32.3. The lowest BCUT2D eigenvalue weighted by Crippen LogP contribution is -2.50. The van der Waals surface area contributed by atoms with Crippen LogP contribution in [0.4, 0.5) is 23.2 Å². The Labute approximate surface area is 379 Å². The van der Waals surface area contributed by atoms with Gasteiger partial charge in [-0.1, -0.05) is 91.0 Å². The van der Waals surface area contributed by atoms with Crippen LogP contribution in [0.2, 0.25) is 0 Å². The second-order valence-electron chi connectivity index (χ2n) is 18.2. The number of rotatable bonds is 11. The van der Waals surface area contributed by atoms with E-state index >= 15 is 0 Å². The van der Waals surface area contributed by atoms with Crippen molar-refractivity contribution < 1.29 is 56.4 Å². The van der Waals surface area contributed by atoms with Crippen molar-refractivity contribution in [2.45, 2.75) is 128 Å². The summed E-state index contributed by atoms with van der Waals surface area (Å²) in [5.41, 5.74) is 2.53. The third kappa shape index (κ3) is 16.1. The molecule has 3 heterocycles. The summed E-state index contributed by atoms with van der Waals surface area (Å²) in [5, 5.41) is 2.72. The van der Waals surface area contributed by atoms with E-state index < -0.39 is 53.2 Å². The summed E-state index contributed by atoms with van der Waals surface area (Å²) >= 11 is 0. The number of cyclic esters (lactones) is 1. The highest BCUT2D eigenvalue weighted by Gasteiger charge is 2.49. The van der Waals surface area contributed by atoms with Gasteiger partial charge in [0, 0.05) is 12.1 Å². The van der Waals surface area contributed by atoms with Gasteiger partial charge in [-0.2, -0.15) is 9.59 Å². The van der Waals surface area contributed by atoms with E-state index in [-0.39, 0.29) is 43.5 Å². The predicted molar refractivity (Wildman–Crippen MR) is 235 cm³/mol. The number of ether oxygens (including phenoxy) is 5. The number of hydrogen-bond donors (Lipinski definition) is 1. The Bertz CT molecular complexity index is 2160. The number of likely N-dealkylation sites (tertiary alicyclic amines) is 2. The molecule has 1 N–H and O–H groups in total. The van der Waals surface area contributed by atoms with E-state index in [1.54, 1.807) is 20.8 Å². The van der Waals surface area contributed by atoms with E-state index in [1.165, 1.54) is 22.6 Å². The molecule has 3 aliphatic rings. The first-order valence-electron chi connectivity index (χ1n) is 21.6. The summed E-state index contributed by atoms with van der Waals surface area (Å²) in [5.74, 6) is -1.40. The van der Waals surface area contributed by atoms with Gasteiger partial charge in [0.25, 0.3) is 0 Å². The van der Waals surface area contributed by atoms with Crippen molar-refractivity contribution in [3.05, 3.63) is 143 Å². The molecule has 7 rings (SSSR count). The standard InChI is InChI=1S/C26H30F2N2O5.C23H29NO3.CO2/c1-26(2,3)35-25(32)30-14-20(33-15-16-7-5-4-6-8-16)13-22(30)23-21(29-24(31)34-23)11-17-9-18(27)12-19(28)10-17;1-23(2,3)27-22(25)24-16-21(26-17-19-12-8-5-9-13-19)15-20(24)14-18-10-6-4-7-11-18;2-1-3/h4-10,12,20-23H,11,13-15H2,1-3H3,(H,29,31);4-13,20-21H,14-17H2,1-3H3;/t20-,21+,22-,23+;20-,21+;/m10./s1. The van der Waals surface area contributed by atoms with Crippen LogP contribution < -0.4 is 5.32 Å². The Morgan fingerprint density at radius 3 is 1.60 bits per heavy atom. The lowest BCUT2D eigenvalue weighted by atomic mass is 9.95. The third-order valence-electron chi connectivity index (χ3n) is 10.6. The molecule has 348 valence electrons. The van der Waals surface area contributed by atoms with Gasteiger partial charge in [0.05, 0.1) is 50.6 Å². The first-order valence-corrected chi connectivity index (χ1v) is 21.6. The van der Waals surface area contributed by atoms with Gasteiger partial charge in [-0.3, -0.25) is 4.90 Å². The average Bonchev–Trinajstić information content (AvgIpc) is 3.96. The van der Waals surface area contributed by atoms with Crippen LogP contribution >= 0.6 is 0 Å². The fourth-order valence-electron chi connectivity index (χ4n) is 7.95. The number of hydrogen-bond acceptors (Lipinski definition) is 10. The van der Waals surface area contributed by atoms with Crippen molar-refractivity contribution in [2.24, 2.45) is 0 Å². The number of carbonyl (C=O) groups excluding carboxylic acids is 5. The van der Waals surface area contributed by atoms with Crippen molar-refractivity contribution in [1.29, 1.82) is 0 Å². The maximum atomic E-state index is 13.7. The second kappa shape index (κ2) is 23.2. The van der Waals surface area contributed by atoms with Crippen LogP contribution in [-0.2, 0) is 59.3 Å². The number of amides is 3. The van der Waals surface area contributed by atoms with Crippen molar-refractivity contribution in [1.82, 2.24) is 15.1 Å². The van der Waals surface area contributed by atoms with Crippen LogP contribution in [0.15, 0.2) is 109 Å². The van der Waals surface area contributed by atoms with Crippen LogP contribution in [-0.4, -0.2) is 95.0 Å². The first-order chi connectivity index (χ1) is 30.9. The van der Waals surface area contributed by atoms with Gasteiger partial charge < -0.3 is 33.9 Å². The van der Waals surface area contributed by atoms with E-state index in [4.69, 9.17) is 33.3 Å². The number of alkyl carbamates (subject to hydrolysis) is 1. The Balaban J connectivity index is 0.000000237. The normalized spacial score (nSPS) is 21.4. The van der Waals surface area contributed by atoms with Gasteiger partial charge >= 0.3 is 24.4 Å². The minimum Gasteiger partial charge on any atom is -0.444 e. The molecule has 0 bridgehead atoms. The number of benzene rings is 4. The van der Waals surface area contributed by atoms with Crippen LogP contribution in [0, 0.1) is 11.6 Å². The molecule has 0 aliphatic carbocycles. The minimum absolute atomic E-state index is 0.0198. The fraction of sp³-hybridized carbons (Fsp3) is 0.440. The van der Waals surface area contributed by atoms with Gasteiger partial charge in [-0.15, -0.1) is 0 Å². The third-order valence-corrected chi connectivity index (χ3v) is 10.6. The Morgan fingerprint density at radius 1 is 0.662 bits per heavy atom. The van der Waals surface area contributed by atoms with Crippen LogP contribution in [0.25, 0.3) is 0 Å². The van der Waals surface area contributed by atoms with E-state index in [1.807, 2.05) is 92.4 Å². The molecule has 0 spiro atoms. The fourth-order valence-corrected chi connectivity index (χ4v) is 7.95. The summed E-state index contributed by atoms with van der Waals surface area (Å²) in [4.78, 5) is 57.6. The molecule has 0 saturated carbocycles. The number of nitrogens with zero attached hydrogens (tertiary/aromatic N) is 2. The topological polar surface area (TPSA) is 150 Å². The molecule has 3 aliphatic heterocycles. The second-order valence-corrected chi connectivity index (χ2v) is 18.2. The summed E-state index contributed by atoms with van der Waals surface area (Å²) in [6.07, 6.45) is -0.0289. The van der Waals surface area contributed by atoms with Crippen molar-refractivity contribution in [3.8, 4) is 0 Å². The molecule has 0 aromatic heterocycles. The zero-order valence-electron chi connectivity index (χ0n) is 37.7. The predicted octanol–water partition coefficient (Wildman–Crippen LogP) is 8.82. The van der Waals surface area contributed by atoms with Gasteiger partial charge in [0.1, 0.15) is 28.9 Å². The lowest BCUT2D eigenvalue weighted by Gasteiger charge is -2.32. The van der Waals surface area contributed by atoms with E-state index in [2.05, 4.69) is 29.6 Å². The average molecular weight is 900 g/mol. The van der Waals surface area contributed by atoms with Crippen LogP contribution in [0.3, 0.4) is 0 Å². The van der Waals surface area contributed by atoms with Crippen molar-refractivity contribution >= 4 is 24.4 Å². The van der Waals surface area contributed by atoms with Gasteiger partial charge in [-0.25, -0.2) is 23.2 Å². The highest BCUT2D eigenvalue weighted by molar-refractivity contribution is 5.72.